The molecule has 1 unspecified atom stereocenters. The Bertz CT molecular complexity index is 288. The van der Waals surface area contributed by atoms with Crippen LogP contribution in [-0.2, 0) is 0 Å². The Balaban J connectivity index is 2.72. The van der Waals surface area contributed by atoms with Gasteiger partial charge in [0, 0.05) is 25.0 Å². The van der Waals surface area contributed by atoms with Gasteiger partial charge in [-0.25, -0.2) is 0 Å². The predicted molar refractivity (Wildman–Crippen MR) is 60.6 cm³/mol. The Hall–Kier alpha value is -0.800. The van der Waals surface area contributed by atoms with E-state index in [0.717, 1.165) is 5.69 Å². The molecule has 3 N–H and O–H groups in total. The van der Waals surface area contributed by atoms with Crippen molar-refractivity contribution in [2.45, 2.75) is 19.9 Å². The van der Waals surface area contributed by atoms with Crippen molar-refractivity contribution in [2.75, 3.05) is 11.9 Å². The summed E-state index contributed by atoms with van der Waals surface area (Å²) in [4.78, 5) is 3.92. The third kappa shape index (κ3) is 2.86. The number of pyridine rings is 1. The molecule has 0 fully saturated rings. The van der Waals surface area contributed by atoms with Gasteiger partial charge in [-0.3, -0.25) is 4.98 Å². The molecule has 0 bridgehead atoms. The molecule has 1 aromatic rings. The first kappa shape index (κ1) is 11.3. The predicted octanol–water partition coefficient (Wildman–Crippen LogP) is 2.13. The topological polar surface area (TPSA) is 50.9 Å². The molecule has 1 rings (SSSR count). The van der Waals surface area contributed by atoms with Crippen molar-refractivity contribution in [2.24, 2.45) is 11.7 Å². The quantitative estimate of drug-likeness (QED) is 0.806. The van der Waals surface area contributed by atoms with Gasteiger partial charge in [-0.1, -0.05) is 25.4 Å². The molecule has 0 spiro atoms. The SMILES string of the molecule is CC(C)C(CN)Nc1ccncc1Cl. The molecule has 0 saturated carbocycles. The van der Waals surface area contributed by atoms with Crippen LogP contribution in [-0.4, -0.2) is 17.6 Å². The van der Waals surface area contributed by atoms with E-state index in [1.165, 1.54) is 0 Å². The maximum Gasteiger partial charge on any atom is 0.0820 e. The summed E-state index contributed by atoms with van der Waals surface area (Å²) in [6.45, 7) is 4.84. The Labute approximate surface area is 89.7 Å². The van der Waals surface area contributed by atoms with Crippen LogP contribution in [0, 0.1) is 5.92 Å². The first-order valence-electron chi connectivity index (χ1n) is 4.71. The van der Waals surface area contributed by atoms with Gasteiger partial charge in [0.25, 0.3) is 0 Å². The average Bonchev–Trinajstić information content (AvgIpc) is 2.16. The summed E-state index contributed by atoms with van der Waals surface area (Å²) >= 11 is 5.96. The first-order chi connectivity index (χ1) is 6.65. The molecule has 0 aliphatic rings. The smallest absolute Gasteiger partial charge is 0.0820 e. The van der Waals surface area contributed by atoms with Gasteiger partial charge in [0.05, 0.1) is 10.7 Å². The number of nitrogens with zero attached hydrogens (tertiary/aromatic N) is 1. The van der Waals surface area contributed by atoms with Crippen molar-refractivity contribution >= 4 is 17.3 Å². The maximum atomic E-state index is 5.96. The molecular weight excluding hydrogens is 198 g/mol. The van der Waals surface area contributed by atoms with Crippen LogP contribution in [0.5, 0.6) is 0 Å². The van der Waals surface area contributed by atoms with Gasteiger partial charge >= 0.3 is 0 Å². The Morgan fingerprint density at radius 3 is 2.79 bits per heavy atom. The number of anilines is 1. The van der Waals surface area contributed by atoms with Gasteiger partial charge in [0.2, 0.25) is 0 Å². The van der Waals surface area contributed by atoms with Crippen LogP contribution in [0.4, 0.5) is 5.69 Å². The molecule has 0 aliphatic carbocycles. The number of nitrogens with two attached hydrogens (primary N) is 1. The van der Waals surface area contributed by atoms with E-state index < -0.39 is 0 Å². The normalized spacial score (nSPS) is 12.9. The van der Waals surface area contributed by atoms with Gasteiger partial charge in [0.15, 0.2) is 0 Å². The van der Waals surface area contributed by atoms with E-state index in [1.54, 1.807) is 12.4 Å². The number of rotatable bonds is 4. The van der Waals surface area contributed by atoms with Crippen LogP contribution in [0.15, 0.2) is 18.5 Å². The Kier molecular flexibility index (Phi) is 4.17. The number of halogens is 1. The fraction of sp³-hybridized carbons (Fsp3) is 0.500. The summed E-state index contributed by atoms with van der Waals surface area (Å²) in [5.41, 5.74) is 6.54. The molecule has 3 nitrogen and oxygen atoms in total. The van der Waals surface area contributed by atoms with Crippen molar-refractivity contribution in [3.8, 4) is 0 Å². The number of aromatic nitrogens is 1. The van der Waals surface area contributed by atoms with E-state index in [-0.39, 0.29) is 6.04 Å². The van der Waals surface area contributed by atoms with E-state index >= 15 is 0 Å². The summed E-state index contributed by atoms with van der Waals surface area (Å²) in [6, 6.07) is 2.10. The first-order valence-corrected chi connectivity index (χ1v) is 5.09. The van der Waals surface area contributed by atoms with Gasteiger partial charge in [-0.05, 0) is 12.0 Å². The summed E-state index contributed by atoms with van der Waals surface area (Å²) in [5, 5.41) is 3.93. The van der Waals surface area contributed by atoms with Crippen LogP contribution in [0.3, 0.4) is 0 Å². The number of nitrogens with one attached hydrogen (secondary N) is 1. The fourth-order valence-corrected chi connectivity index (χ4v) is 1.36. The highest BCUT2D eigenvalue weighted by Crippen LogP contribution is 2.21. The second-order valence-corrected chi connectivity index (χ2v) is 3.99. The zero-order valence-electron chi connectivity index (χ0n) is 8.50. The van der Waals surface area contributed by atoms with E-state index in [2.05, 4.69) is 24.1 Å². The Morgan fingerprint density at radius 1 is 1.57 bits per heavy atom. The second-order valence-electron chi connectivity index (χ2n) is 3.59. The lowest BCUT2D eigenvalue weighted by Gasteiger charge is -2.22. The van der Waals surface area contributed by atoms with Crippen LogP contribution < -0.4 is 11.1 Å². The van der Waals surface area contributed by atoms with Crippen LogP contribution in [0.1, 0.15) is 13.8 Å². The standard InChI is InChI=1S/C10H16ClN3/c1-7(2)10(5-12)14-9-3-4-13-6-8(9)11/h3-4,6-7,10H,5,12H2,1-2H3,(H,13,14). The van der Waals surface area contributed by atoms with Crippen molar-refractivity contribution in [3.05, 3.63) is 23.5 Å². The van der Waals surface area contributed by atoms with Gasteiger partial charge in [-0.2, -0.15) is 0 Å². The van der Waals surface area contributed by atoms with E-state index in [9.17, 15) is 0 Å². The largest absolute Gasteiger partial charge is 0.379 e. The minimum atomic E-state index is 0.245. The molecule has 78 valence electrons. The van der Waals surface area contributed by atoms with E-state index in [1.807, 2.05) is 6.07 Å². The van der Waals surface area contributed by atoms with Crippen LogP contribution >= 0.6 is 11.6 Å². The van der Waals surface area contributed by atoms with E-state index in [0.29, 0.717) is 17.5 Å². The van der Waals surface area contributed by atoms with E-state index in [4.69, 9.17) is 17.3 Å². The zero-order valence-corrected chi connectivity index (χ0v) is 9.25. The second kappa shape index (κ2) is 5.17. The Morgan fingerprint density at radius 2 is 2.29 bits per heavy atom. The summed E-state index contributed by atoms with van der Waals surface area (Å²) in [6.07, 6.45) is 3.33. The molecule has 1 heterocycles. The van der Waals surface area contributed by atoms with Crippen molar-refractivity contribution < 1.29 is 0 Å². The van der Waals surface area contributed by atoms with Gasteiger partial charge in [-0.15, -0.1) is 0 Å². The van der Waals surface area contributed by atoms with Gasteiger partial charge < -0.3 is 11.1 Å². The average molecular weight is 214 g/mol. The highest BCUT2D eigenvalue weighted by Gasteiger charge is 2.11. The monoisotopic (exact) mass is 213 g/mol. The minimum Gasteiger partial charge on any atom is -0.379 e. The molecule has 1 atom stereocenters. The fourth-order valence-electron chi connectivity index (χ4n) is 1.19. The lowest BCUT2D eigenvalue weighted by atomic mass is 10.0. The third-order valence-electron chi connectivity index (χ3n) is 2.17. The molecule has 4 heteroatoms. The molecule has 0 radical (unpaired) electrons. The lowest BCUT2D eigenvalue weighted by molar-refractivity contribution is 0.531. The highest BCUT2D eigenvalue weighted by atomic mass is 35.5. The summed E-state index contributed by atoms with van der Waals surface area (Å²) in [7, 11) is 0. The third-order valence-corrected chi connectivity index (χ3v) is 2.47. The molecule has 0 aromatic carbocycles. The molecular formula is C10H16ClN3. The van der Waals surface area contributed by atoms with Crippen LogP contribution in [0.2, 0.25) is 5.02 Å². The summed E-state index contributed by atoms with van der Waals surface area (Å²) < 4.78 is 0. The lowest BCUT2D eigenvalue weighted by Crippen LogP contribution is -2.33. The zero-order chi connectivity index (χ0) is 10.6. The minimum absolute atomic E-state index is 0.245. The molecule has 0 amide bonds. The maximum absolute atomic E-state index is 5.96. The number of hydrogen-bond acceptors (Lipinski definition) is 3. The van der Waals surface area contributed by atoms with Crippen LogP contribution in [0.25, 0.3) is 0 Å². The van der Waals surface area contributed by atoms with Crippen molar-refractivity contribution in [1.29, 1.82) is 0 Å². The molecule has 0 saturated heterocycles. The van der Waals surface area contributed by atoms with Crippen molar-refractivity contribution in [1.82, 2.24) is 4.98 Å². The molecule has 1 aromatic heterocycles. The number of hydrogen-bond donors (Lipinski definition) is 2. The molecule has 14 heavy (non-hydrogen) atoms. The van der Waals surface area contributed by atoms with Gasteiger partial charge in [0.1, 0.15) is 0 Å². The highest BCUT2D eigenvalue weighted by molar-refractivity contribution is 6.33. The van der Waals surface area contributed by atoms with Crippen molar-refractivity contribution in [3.63, 3.8) is 0 Å². The molecule has 0 aliphatic heterocycles. The summed E-state index contributed by atoms with van der Waals surface area (Å²) in [5.74, 6) is 0.476.